The van der Waals surface area contributed by atoms with E-state index in [1.807, 2.05) is 88.3 Å². The molecule has 0 bridgehead atoms. The number of rotatable bonds is 6. The molecule has 4 amide bonds. The van der Waals surface area contributed by atoms with Gasteiger partial charge >= 0.3 is 0 Å². The quantitative estimate of drug-likeness (QED) is 0.135. The summed E-state index contributed by atoms with van der Waals surface area (Å²) in [6.07, 6.45) is 3.77. The Hall–Kier alpha value is -5.81. The molecule has 266 valence electrons. The zero-order valence-electron chi connectivity index (χ0n) is 28.3. The smallest absolute Gasteiger partial charge is 0.238 e. The molecule has 0 aliphatic carbocycles. The van der Waals surface area contributed by atoms with Gasteiger partial charge in [-0.3, -0.25) is 19.2 Å². The molecule has 10 nitrogen and oxygen atoms in total. The number of nitrogens with zero attached hydrogens (tertiary/aromatic N) is 2. The van der Waals surface area contributed by atoms with Gasteiger partial charge in [-0.15, -0.1) is 0 Å². The number of hydrogen-bond acceptors (Lipinski definition) is 4. The maximum Gasteiger partial charge on any atom is 0.238 e. The van der Waals surface area contributed by atoms with Crippen molar-refractivity contribution in [2.75, 3.05) is 21.3 Å². The van der Waals surface area contributed by atoms with Crippen LogP contribution in [0.4, 0.5) is 22.7 Å². The predicted molar refractivity (Wildman–Crippen MR) is 209 cm³/mol. The first-order valence-corrected chi connectivity index (χ1v) is 17.6. The molecular weight excluding hydrogens is 735 g/mol. The molecule has 2 aliphatic rings. The minimum atomic E-state index is -0.513. The van der Waals surface area contributed by atoms with Gasteiger partial charge in [-0.2, -0.15) is 0 Å². The number of halogens is 3. The molecule has 8 rings (SSSR count). The molecule has 6 aromatic rings. The Morgan fingerprint density at radius 2 is 1.04 bits per heavy atom. The number of carbonyl (C=O) groups is 4. The van der Waals surface area contributed by atoms with Gasteiger partial charge in [-0.1, -0.05) is 40.9 Å². The molecule has 4 N–H and O–H groups in total. The Balaban J connectivity index is 0.000000164. The molecular formula is C40H31Cl3N6O4. The third kappa shape index (κ3) is 7.43. The van der Waals surface area contributed by atoms with Gasteiger partial charge in [0.2, 0.25) is 23.6 Å². The van der Waals surface area contributed by atoms with Crippen molar-refractivity contribution in [1.29, 1.82) is 0 Å². The highest BCUT2D eigenvalue weighted by molar-refractivity contribution is 6.35. The Morgan fingerprint density at radius 1 is 0.566 bits per heavy atom. The van der Waals surface area contributed by atoms with Crippen LogP contribution in [0.2, 0.25) is 15.1 Å². The van der Waals surface area contributed by atoms with E-state index in [4.69, 9.17) is 34.8 Å². The second-order valence-corrected chi connectivity index (χ2v) is 13.8. The average Bonchev–Trinajstić information content (AvgIpc) is 3.88. The van der Waals surface area contributed by atoms with Crippen molar-refractivity contribution < 1.29 is 19.2 Å². The highest BCUT2D eigenvalue weighted by Gasteiger charge is 2.35. The highest BCUT2D eigenvalue weighted by atomic mass is 35.5. The summed E-state index contributed by atoms with van der Waals surface area (Å²) in [5.74, 6) is -1.52. The summed E-state index contributed by atoms with van der Waals surface area (Å²) < 4.78 is 3.85. The summed E-state index contributed by atoms with van der Waals surface area (Å²) in [6, 6.07) is 31.1. The van der Waals surface area contributed by atoms with Crippen molar-refractivity contribution in [2.24, 2.45) is 0 Å². The Kier molecular flexibility index (Phi) is 9.85. The van der Waals surface area contributed by atoms with Gasteiger partial charge in [-0.25, -0.2) is 0 Å². The number of anilines is 4. The lowest BCUT2D eigenvalue weighted by Crippen LogP contribution is -2.16. The van der Waals surface area contributed by atoms with Crippen LogP contribution in [0.25, 0.3) is 11.4 Å². The van der Waals surface area contributed by atoms with Crippen molar-refractivity contribution in [3.63, 3.8) is 0 Å². The molecule has 53 heavy (non-hydrogen) atoms. The summed E-state index contributed by atoms with van der Waals surface area (Å²) in [5.41, 5.74) is 7.72. The Bertz CT molecular complexity index is 2420. The predicted octanol–water partition coefficient (Wildman–Crippen LogP) is 9.00. The number of nitrogens with one attached hydrogen (secondary N) is 4. The zero-order valence-corrected chi connectivity index (χ0v) is 30.6. The van der Waals surface area contributed by atoms with Crippen LogP contribution in [0, 0.1) is 0 Å². The van der Waals surface area contributed by atoms with E-state index < -0.39 is 11.8 Å². The van der Waals surface area contributed by atoms with E-state index in [-0.39, 0.29) is 23.6 Å². The van der Waals surface area contributed by atoms with Gasteiger partial charge in [0, 0.05) is 86.8 Å². The first-order chi connectivity index (χ1) is 25.4. The van der Waals surface area contributed by atoms with Crippen molar-refractivity contribution in [3.8, 4) is 11.4 Å². The second kappa shape index (κ2) is 14.7. The molecule has 0 fully saturated rings. The van der Waals surface area contributed by atoms with Crippen molar-refractivity contribution >= 4 is 81.2 Å². The topological polar surface area (TPSA) is 126 Å². The maximum atomic E-state index is 12.7. The second-order valence-electron chi connectivity index (χ2n) is 12.5. The lowest BCUT2D eigenvalue weighted by Gasteiger charge is -2.15. The Morgan fingerprint density at radius 3 is 1.51 bits per heavy atom. The first kappa shape index (κ1) is 35.6. The van der Waals surface area contributed by atoms with Crippen LogP contribution >= 0.6 is 34.8 Å². The van der Waals surface area contributed by atoms with E-state index in [2.05, 4.69) is 21.3 Å². The molecule has 0 spiro atoms. The summed E-state index contributed by atoms with van der Waals surface area (Å²) in [5, 5.41) is 13.0. The molecule has 13 heteroatoms. The third-order valence-electron chi connectivity index (χ3n) is 8.77. The van der Waals surface area contributed by atoms with Crippen LogP contribution in [0.1, 0.15) is 48.2 Å². The fourth-order valence-electron chi connectivity index (χ4n) is 6.71. The zero-order chi connectivity index (χ0) is 37.4. The number of carbonyl (C=O) groups excluding carboxylic acids is 4. The van der Waals surface area contributed by atoms with Crippen LogP contribution in [0.5, 0.6) is 0 Å². The summed E-state index contributed by atoms with van der Waals surface area (Å²) in [4.78, 5) is 48.1. The molecule has 0 saturated heterocycles. The fraction of sp³-hybridized carbons (Fsp3) is 0.100. The van der Waals surface area contributed by atoms with Crippen LogP contribution in [0.3, 0.4) is 0 Å². The summed E-state index contributed by atoms with van der Waals surface area (Å²) >= 11 is 18.4. The van der Waals surface area contributed by atoms with Gasteiger partial charge in [0.1, 0.15) is 11.8 Å². The Labute approximate surface area is 319 Å². The fourth-order valence-corrected chi connectivity index (χ4v) is 7.40. The van der Waals surface area contributed by atoms with Gasteiger partial charge in [0.05, 0.1) is 0 Å². The summed E-state index contributed by atoms with van der Waals surface area (Å²) in [7, 11) is 0. The molecule has 0 saturated carbocycles. The van der Waals surface area contributed by atoms with Crippen molar-refractivity contribution in [1.82, 2.24) is 9.13 Å². The van der Waals surface area contributed by atoms with E-state index in [0.717, 1.165) is 45.3 Å². The van der Waals surface area contributed by atoms with Crippen LogP contribution < -0.4 is 21.3 Å². The van der Waals surface area contributed by atoms with Crippen LogP contribution in [-0.4, -0.2) is 32.8 Å². The van der Waals surface area contributed by atoms with Gasteiger partial charge in [0.15, 0.2) is 0 Å². The third-order valence-corrected chi connectivity index (χ3v) is 9.44. The summed E-state index contributed by atoms with van der Waals surface area (Å²) in [6.45, 7) is 2.90. The lowest BCUT2D eigenvalue weighted by atomic mass is 9.96. The van der Waals surface area contributed by atoms with Gasteiger partial charge < -0.3 is 30.4 Å². The number of aromatic nitrogens is 2. The van der Waals surface area contributed by atoms with E-state index in [1.165, 1.54) is 13.8 Å². The molecule has 0 radical (unpaired) electrons. The maximum absolute atomic E-state index is 12.7. The normalized spacial score (nSPS) is 15.4. The number of benzene rings is 4. The number of amides is 4. The molecule has 2 aliphatic heterocycles. The van der Waals surface area contributed by atoms with E-state index >= 15 is 0 Å². The minimum Gasteiger partial charge on any atom is -0.326 e. The number of hydrogen-bond donors (Lipinski definition) is 4. The minimum absolute atomic E-state index is 0.0954. The van der Waals surface area contributed by atoms with Crippen molar-refractivity contribution in [3.05, 3.63) is 153 Å². The van der Waals surface area contributed by atoms with Gasteiger partial charge in [-0.05, 0) is 108 Å². The van der Waals surface area contributed by atoms with Crippen molar-refractivity contribution in [2.45, 2.75) is 25.7 Å². The van der Waals surface area contributed by atoms with Crippen LogP contribution in [0.15, 0.2) is 116 Å². The van der Waals surface area contributed by atoms with Crippen LogP contribution in [-0.2, 0) is 19.2 Å². The molecule has 2 atom stereocenters. The largest absolute Gasteiger partial charge is 0.326 e. The molecule has 4 aromatic carbocycles. The highest BCUT2D eigenvalue weighted by Crippen LogP contribution is 2.41. The van der Waals surface area contributed by atoms with Gasteiger partial charge in [0.25, 0.3) is 0 Å². The monoisotopic (exact) mass is 764 g/mol. The molecule has 2 aromatic heterocycles. The average molecular weight is 766 g/mol. The lowest BCUT2D eigenvalue weighted by molar-refractivity contribution is -0.117. The molecule has 2 unspecified atom stereocenters. The SMILES string of the molecule is CC(=O)Nc1ccc2c(c1)C(c1cccn1-c1cc(Cl)cc(Cl)c1)C(=O)N2.CC(=O)Nc1ccc2c(c1)C(c1cccn1-c1cccc(Cl)c1)C(=O)N2. The standard InChI is InChI=1S/C20H15Cl2N3O2.C20H16ClN3O2/c1-11(26)23-14-4-5-17-16(10-14)19(20(27)24-17)18-3-2-6-25(18)15-8-12(21)7-13(22)9-15;1-12(25)22-14-7-8-17-16(11-14)19(20(26)23-17)18-6-3-9-24(18)15-5-2-4-13(21)10-15/h2-10,19H,1H3,(H,23,26)(H,24,27);2-11,19H,1H3,(H,22,25)(H,23,26). The van der Waals surface area contributed by atoms with E-state index in [9.17, 15) is 19.2 Å². The molecule has 4 heterocycles. The van der Waals surface area contributed by atoms with E-state index in [0.29, 0.717) is 26.4 Å². The first-order valence-electron chi connectivity index (χ1n) is 16.5. The van der Waals surface area contributed by atoms with E-state index in [1.54, 1.807) is 36.4 Å². The number of fused-ring (bicyclic) bond motifs is 2.